The van der Waals surface area contributed by atoms with Crippen molar-refractivity contribution in [1.29, 1.82) is 0 Å². The maximum atomic E-state index is 14.3. The fourth-order valence-corrected chi connectivity index (χ4v) is 7.69. The Morgan fingerprint density at radius 1 is 0.786 bits per heavy atom. The van der Waals surface area contributed by atoms with Crippen molar-refractivity contribution in [3.05, 3.63) is 142 Å². The van der Waals surface area contributed by atoms with Crippen LogP contribution in [0, 0.1) is 17.2 Å². The molecule has 2 amide bonds. The normalized spacial score (nSPS) is 23.2. The number of carbonyl (C=O) groups excluding carboxylic acids is 3. The molecule has 4 aromatic rings. The van der Waals surface area contributed by atoms with Crippen molar-refractivity contribution in [3.8, 4) is 0 Å². The zero-order valence-corrected chi connectivity index (χ0v) is 30.3. The van der Waals surface area contributed by atoms with Crippen LogP contribution in [-0.2, 0) is 49.4 Å². The van der Waals surface area contributed by atoms with E-state index in [-0.39, 0.29) is 44.1 Å². The quantitative estimate of drug-likeness (QED) is 0.0905. The van der Waals surface area contributed by atoms with Crippen LogP contribution in [-0.4, -0.2) is 35.0 Å². The summed E-state index contributed by atoms with van der Waals surface area (Å²) >= 11 is 0. The minimum Gasteiger partial charge on any atom is -0.460 e. The summed E-state index contributed by atoms with van der Waals surface area (Å²) in [6.45, 7) is 2.37. The number of halogens is 7. The number of alkyl halides is 6. The summed E-state index contributed by atoms with van der Waals surface area (Å²) in [5.74, 6) is -3.76. The van der Waals surface area contributed by atoms with Crippen molar-refractivity contribution in [3.63, 3.8) is 0 Å². The minimum absolute atomic E-state index is 0.0353. The van der Waals surface area contributed by atoms with Gasteiger partial charge in [-0.3, -0.25) is 9.59 Å². The molecule has 296 valence electrons. The van der Waals surface area contributed by atoms with Gasteiger partial charge in [0, 0.05) is 12.0 Å². The highest BCUT2D eigenvalue weighted by molar-refractivity contribution is 6.09. The van der Waals surface area contributed by atoms with Gasteiger partial charge < -0.3 is 14.2 Å². The van der Waals surface area contributed by atoms with Gasteiger partial charge >= 0.3 is 24.4 Å². The van der Waals surface area contributed by atoms with E-state index in [1.807, 2.05) is 0 Å². The van der Waals surface area contributed by atoms with Gasteiger partial charge in [0.15, 0.2) is 0 Å². The molecule has 0 spiro atoms. The lowest BCUT2D eigenvalue weighted by Gasteiger charge is -2.34. The molecule has 14 heteroatoms. The van der Waals surface area contributed by atoms with Gasteiger partial charge in [-0.05, 0) is 91.6 Å². The Labute approximate surface area is 318 Å². The molecule has 2 aliphatic rings. The van der Waals surface area contributed by atoms with Gasteiger partial charge in [-0.15, -0.1) is 0 Å². The highest BCUT2D eigenvalue weighted by Gasteiger charge is 2.61. The number of nitrogens with zero attached hydrogens (tertiary/aromatic N) is 1. The Bertz CT molecular complexity index is 1990. The number of amides is 2. The van der Waals surface area contributed by atoms with E-state index in [1.54, 1.807) is 60.7 Å². The monoisotopic (exact) mass is 785 g/mol. The van der Waals surface area contributed by atoms with Gasteiger partial charge in [-0.25, -0.2) is 14.1 Å². The maximum Gasteiger partial charge on any atom is 0.417 e. The molecule has 6 rings (SSSR count). The van der Waals surface area contributed by atoms with E-state index in [2.05, 4.69) is 0 Å². The molecule has 6 atom stereocenters. The molecule has 2 fully saturated rings. The smallest absolute Gasteiger partial charge is 0.417 e. The van der Waals surface area contributed by atoms with E-state index in [0.717, 1.165) is 4.90 Å². The first kappa shape index (κ1) is 40.4. The largest absolute Gasteiger partial charge is 0.460 e. The maximum absolute atomic E-state index is 14.3. The SMILES string of the molecule is C[C@@H](O[C@H]1CC[C@@H]([C@H]2C[C@](C)(C(=O)OCc3ccccc3)C(=O)N2C(=O)OCc2ccccc2)[C@@H]1c1ccc(F)cc1)c1cc(C(F)(F)F)cc(C(F)(F)F)c1. The fraction of sp³-hybridized carbons (Fsp3) is 0.357. The third-order valence-corrected chi connectivity index (χ3v) is 10.6. The molecular weight excluding hydrogens is 747 g/mol. The molecule has 56 heavy (non-hydrogen) atoms. The standard InChI is InChI=1S/C42H38F7NO6/c1-25(29-19-30(41(44,45)46)21-31(20-29)42(47,48)49)56-35-18-17-33(36(35)28-13-15-32(43)16-14-28)34-22-40(2,38(52)54-23-26-9-5-3-6-10-26)37(51)50(34)39(53)55-24-27-11-7-4-8-12-27/h3-16,19-21,25,33-36H,17-18,22-24H2,1-2H3/t25-,33+,34-,35+,36+,40+/m1/s1. The first-order valence-corrected chi connectivity index (χ1v) is 17.9. The van der Waals surface area contributed by atoms with E-state index >= 15 is 0 Å². The molecule has 1 aliphatic carbocycles. The van der Waals surface area contributed by atoms with Crippen LogP contribution in [0.25, 0.3) is 0 Å². The lowest BCUT2D eigenvalue weighted by molar-refractivity contribution is -0.161. The van der Waals surface area contributed by atoms with E-state index in [0.29, 0.717) is 28.8 Å². The predicted molar refractivity (Wildman–Crippen MR) is 188 cm³/mol. The van der Waals surface area contributed by atoms with Gasteiger partial charge in [0.25, 0.3) is 0 Å². The average molecular weight is 786 g/mol. The molecule has 1 saturated heterocycles. The van der Waals surface area contributed by atoms with Crippen molar-refractivity contribution in [2.75, 3.05) is 0 Å². The molecule has 0 bridgehead atoms. The van der Waals surface area contributed by atoms with Gasteiger partial charge in [0.05, 0.1) is 23.3 Å². The number of esters is 1. The molecule has 0 N–H and O–H groups in total. The molecule has 0 radical (unpaired) electrons. The topological polar surface area (TPSA) is 82.1 Å². The summed E-state index contributed by atoms with van der Waals surface area (Å²) in [4.78, 5) is 42.9. The molecule has 1 aliphatic heterocycles. The van der Waals surface area contributed by atoms with Gasteiger partial charge in [0.2, 0.25) is 5.91 Å². The number of carbonyl (C=O) groups is 3. The Hall–Kier alpha value is -5.24. The Kier molecular flexibility index (Phi) is 11.6. The molecule has 0 unspecified atom stereocenters. The van der Waals surface area contributed by atoms with E-state index < -0.39 is 82.8 Å². The van der Waals surface area contributed by atoms with Crippen molar-refractivity contribution in [2.45, 2.75) is 82.8 Å². The summed E-state index contributed by atoms with van der Waals surface area (Å²) in [5.41, 5.74) is -3.44. The average Bonchev–Trinajstić information content (AvgIpc) is 3.70. The molecule has 1 saturated carbocycles. The fourth-order valence-electron chi connectivity index (χ4n) is 7.69. The third kappa shape index (κ3) is 8.75. The van der Waals surface area contributed by atoms with Crippen LogP contribution < -0.4 is 0 Å². The first-order chi connectivity index (χ1) is 26.5. The van der Waals surface area contributed by atoms with Crippen LogP contribution in [0.5, 0.6) is 0 Å². The zero-order valence-electron chi connectivity index (χ0n) is 30.3. The van der Waals surface area contributed by atoms with Crippen LogP contribution in [0.2, 0.25) is 0 Å². The number of rotatable bonds is 10. The molecule has 7 nitrogen and oxygen atoms in total. The molecule has 1 heterocycles. The lowest BCUT2D eigenvalue weighted by atomic mass is 9.78. The van der Waals surface area contributed by atoms with E-state index in [4.69, 9.17) is 14.2 Å². The second-order valence-corrected chi connectivity index (χ2v) is 14.4. The summed E-state index contributed by atoms with van der Waals surface area (Å²) < 4.78 is 114. The summed E-state index contributed by atoms with van der Waals surface area (Å²) in [6.07, 6.45) is -13.1. The van der Waals surface area contributed by atoms with Crippen LogP contribution in [0.3, 0.4) is 0 Å². The van der Waals surface area contributed by atoms with Crippen LogP contribution in [0.4, 0.5) is 35.5 Å². The van der Waals surface area contributed by atoms with Gasteiger partial charge in [-0.2, -0.15) is 26.3 Å². The highest BCUT2D eigenvalue weighted by atomic mass is 19.4. The third-order valence-electron chi connectivity index (χ3n) is 10.6. The number of imide groups is 1. The van der Waals surface area contributed by atoms with Crippen LogP contribution >= 0.6 is 0 Å². The summed E-state index contributed by atoms with van der Waals surface area (Å²) in [5, 5.41) is 0. The van der Waals surface area contributed by atoms with Crippen molar-refractivity contribution < 1.29 is 59.3 Å². The highest BCUT2D eigenvalue weighted by Crippen LogP contribution is 2.52. The molecule has 0 aromatic heterocycles. The summed E-state index contributed by atoms with van der Waals surface area (Å²) in [7, 11) is 0. The number of likely N-dealkylation sites (tertiary alicyclic amines) is 1. The Balaban J connectivity index is 1.34. The summed E-state index contributed by atoms with van der Waals surface area (Å²) in [6, 6.07) is 23.0. The van der Waals surface area contributed by atoms with Crippen molar-refractivity contribution in [2.24, 2.45) is 11.3 Å². The van der Waals surface area contributed by atoms with Crippen LogP contribution in [0.15, 0.2) is 103 Å². The number of benzene rings is 4. The zero-order chi connectivity index (χ0) is 40.4. The van der Waals surface area contributed by atoms with E-state index in [9.17, 15) is 45.1 Å². The second-order valence-electron chi connectivity index (χ2n) is 14.4. The van der Waals surface area contributed by atoms with Gasteiger partial charge in [-0.1, -0.05) is 72.8 Å². The van der Waals surface area contributed by atoms with Crippen molar-refractivity contribution >= 4 is 18.0 Å². The first-order valence-electron chi connectivity index (χ1n) is 17.9. The Morgan fingerprint density at radius 3 is 1.86 bits per heavy atom. The van der Waals surface area contributed by atoms with Crippen LogP contribution in [0.1, 0.15) is 78.5 Å². The van der Waals surface area contributed by atoms with E-state index in [1.165, 1.54) is 38.1 Å². The number of hydrogen-bond acceptors (Lipinski definition) is 6. The second kappa shape index (κ2) is 16.1. The lowest BCUT2D eigenvalue weighted by Crippen LogP contribution is -2.46. The minimum atomic E-state index is -5.08. The van der Waals surface area contributed by atoms with Gasteiger partial charge in [0.1, 0.15) is 24.4 Å². The number of hydrogen-bond donors (Lipinski definition) is 0. The molecular formula is C42H38F7NO6. The number of ether oxygens (including phenoxy) is 3. The predicted octanol–water partition coefficient (Wildman–Crippen LogP) is 10.2. The molecule has 4 aromatic carbocycles. The Morgan fingerprint density at radius 2 is 1.32 bits per heavy atom. The van der Waals surface area contributed by atoms with Crippen molar-refractivity contribution in [1.82, 2.24) is 4.90 Å².